The van der Waals surface area contributed by atoms with Gasteiger partial charge in [0, 0.05) is 35.2 Å². The Balaban J connectivity index is 2.22. The molecule has 0 aliphatic heterocycles. The fraction of sp³-hybridized carbons (Fsp3) is 0.333. The number of aryl methyl sites for hydroxylation is 1. The molecule has 2 aromatic rings. The molecule has 96 valence electrons. The molecule has 1 aromatic heterocycles. The number of hydrogen-bond acceptors (Lipinski definition) is 3. The number of hydrogen-bond donors (Lipinski definition) is 1. The van der Waals surface area contributed by atoms with Crippen molar-refractivity contribution in [1.82, 2.24) is 20.3 Å². The van der Waals surface area contributed by atoms with Crippen LogP contribution in [0.5, 0.6) is 0 Å². The highest BCUT2D eigenvalue weighted by Crippen LogP contribution is 2.28. The van der Waals surface area contributed by atoms with Crippen LogP contribution in [0.1, 0.15) is 17.3 Å². The Morgan fingerprint density at radius 1 is 1.50 bits per heavy atom. The number of halogens is 2. The molecule has 0 bridgehead atoms. The van der Waals surface area contributed by atoms with E-state index < -0.39 is 0 Å². The van der Waals surface area contributed by atoms with E-state index in [1.54, 1.807) is 4.68 Å². The largest absolute Gasteiger partial charge is 0.313 e. The molecule has 0 radical (unpaired) electrons. The highest BCUT2D eigenvalue weighted by atomic mass is 79.9. The molecule has 18 heavy (non-hydrogen) atoms. The molecule has 0 aliphatic carbocycles. The van der Waals surface area contributed by atoms with Crippen LogP contribution in [0.15, 0.2) is 28.9 Å². The summed E-state index contributed by atoms with van der Waals surface area (Å²) >= 11 is 9.67. The number of likely N-dealkylation sites (N-methyl/N-ethyl adjacent to an activating group) is 1. The minimum Gasteiger partial charge on any atom is -0.313 e. The summed E-state index contributed by atoms with van der Waals surface area (Å²) in [6.45, 7) is 0. The fourth-order valence-corrected chi connectivity index (χ4v) is 2.65. The molecule has 2 rings (SSSR count). The second kappa shape index (κ2) is 5.82. The summed E-state index contributed by atoms with van der Waals surface area (Å²) < 4.78 is 2.68. The van der Waals surface area contributed by atoms with E-state index in [1.165, 1.54) is 0 Å². The lowest BCUT2D eigenvalue weighted by Crippen LogP contribution is -2.19. The summed E-state index contributed by atoms with van der Waals surface area (Å²) in [4.78, 5) is 0. The molecular weight excluding hydrogens is 316 g/mol. The Labute approximate surface area is 119 Å². The van der Waals surface area contributed by atoms with Crippen molar-refractivity contribution in [2.75, 3.05) is 7.05 Å². The second-order valence-corrected chi connectivity index (χ2v) is 5.42. The van der Waals surface area contributed by atoms with Gasteiger partial charge in [-0.05, 0) is 24.7 Å². The van der Waals surface area contributed by atoms with Crippen LogP contribution in [-0.2, 0) is 13.5 Å². The van der Waals surface area contributed by atoms with Crippen molar-refractivity contribution in [3.63, 3.8) is 0 Å². The van der Waals surface area contributed by atoms with Crippen LogP contribution in [0.4, 0.5) is 0 Å². The lowest BCUT2D eigenvalue weighted by Gasteiger charge is -2.16. The molecule has 1 atom stereocenters. The molecule has 0 amide bonds. The van der Waals surface area contributed by atoms with E-state index in [9.17, 15) is 0 Å². The van der Waals surface area contributed by atoms with Gasteiger partial charge in [0.1, 0.15) is 0 Å². The Hall–Kier alpha value is -0.910. The summed E-state index contributed by atoms with van der Waals surface area (Å²) in [5.41, 5.74) is 2.00. The number of nitrogens with one attached hydrogen (secondary N) is 1. The highest BCUT2D eigenvalue weighted by molar-refractivity contribution is 9.10. The van der Waals surface area contributed by atoms with Crippen molar-refractivity contribution < 1.29 is 0 Å². The first-order valence-corrected chi connectivity index (χ1v) is 6.74. The Bertz CT molecular complexity index is 541. The SMILES string of the molecule is CNC(Cc1cn(C)nn1)c1ccc(Br)cc1Cl. The van der Waals surface area contributed by atoms with Crippen LogP contribution in [0.3, 0.4) is 0 Å². The molecule has 1 N–H and O–H groups in total. The Morgan fingerprint density at radius 2 is 2.28 bits per heavy atom. The van der Waals surface area contributed by atoms with Crippen LogP contribution in [0.25, 0.3) is 0 Å². The molecule has 0 saturated heterocycles. The topological polar surface area (TPSA) is 42.7 Å². The van der Waals surface area contributed by atoms with Crippen molar-refractivity contribution in [3.8, 4) is 0 Å². The minimum atomic E-state index is 0.127. The summed E-state index contributed by atoms with van der Waals surface area (Å²) in [6.07, 6.45) is 2.67. The predicted octanol–water partition coefficient (Wildman–Crippen LogP) is 2.73. The zero-order chi connectivity index (χ0) is 13.1. The number of aromatic nitrogens is 3. The molecule has 6 heteroatoms. The van der Waals surface area contributed by atoms with Gasteiger partial charge in [-0.15, -0.1) is 5.10 Å². The molecule has 1 aromatic carbocycles. The number of nitrogens with zero attached hydrogens (tertiary/aromatic N) is 3. The van der Waals surface area contributed by atoms with E-state index in [0.717, 1.165) is 27.2 Å². The Morgan fingerprint density at radius 3 is 2.83 bits per heavy atom. The molecule has 0 fully saturated rings. The fourth-order valence-electron chi connectivity index (χ4n) is 1.85. The van der Waals surface area contributed by atoms with Crippen molar-refractivity contribution in [3.05, 3.63) is 45.1 Å². The lowest BCUT2D eigenvalue weighted by molar-refractivity contribution is 0.583. The maximum atomic E-state index is 6.26. The average Bonchev–Trinajstić information content (AvgIpc) is 2.72. The third-order valence-electron chi connectivity index (χ3n) is 2.75. The van der Waals surface area contributed by atoms with Gasteiger partial charge in [-0.1, -0.05) is 38.8 Å². The van der Waals surface area contributed by atoms with E-state index in [-0.39, 0.29) is 6.04 Å². The van der Waals surface area contributed by atoms with Gasteiger partial charge in [0.2, 0.25) is 0 Å². The smallest absolute Gasteiger partial charge is 0.0845 e. The summed E-state index contributed by atoms with van der Waals surface area (Å²) in [5, 5.41) is 12.0. The van der Waals surface area contributed by atoms with E-state index in [4.69, 9.17) is 11.6 Å². The normalized spacial score (nSPS) is 12.7. The van der Waals surface area contributed by atoms with Gasteiger partial charge >= 0.3 is 0 Å². The molecule has 0 spiro atoms. The first kappa shape index (κ1) is 13.5. The quantitative estimate of drug-likeness (QED) is 0.938. The molecule has 0 aliphatic rings. The first-order valence-electron chi connectivity index (χ1n) is 5.57. The van der Waals surface area contributed by atoms with E-state index in [0.29, 0.717) is 0 Å². The summed E-state index contributed by atoms with van der Waals surface area (Å²) in [5.74, 6) is 0. The molecule has 4 nitrogen and oxygen atoms in total. The molecule has 1 heterocycles. The highest BCUT2D eigenvalue weighted by Gasteiger charge is 2.15. The van der Waals surface area contributed by atoms with Gasteiger partial charge in [-0.25, -0.2) is 0 Å². The van der Waals surface area contributed by atoms with Crippen molar-refractivity contribution in [2.45, 2.75) is 12.5 Å². The van der Waals surface area contributed by atoms with Crippen LogP contribution in [-0.4, -0.2) is 22.0 Å². The summed E-state index contributed by atoms with van der Waals surface area (Å²) in [7, 11) is 3.77. The van der Waals surface area contributed by atoms with Crippen LogP contribution >= 0.6 is 27.5 Å². The van der Waals surface area contributed by atoms with E-state index in [2.05, 4.69) is 31.6 Å². The minimum absolute atomic E-state index is 0.127. The van der Waals surface area contributed by atoms with Crippen molar-refractivity contribution in [1.29, 1.82) is 0 Å². The van der Waals surface area contributed by atoms with E-state index >= 15 is 0 Å². The zero-order valence-corrected chi connectivity index (χ0v) is 12.5. The monoisotopic (exact) mass is 328 g/mol. The van der Waals surface area contributed by atoms with Gasteiger partial charge in [-0.2, -0.15) is 0 Å². The average molecular weight is 330 g/mol. The zero-order valence-electron chi connectivity index (χ0n) is 10.2. The van der Waals surface area contributed by atoms with Crippen LogP contribution in [0.2, 0.25) is 5.02 Å². The standard InChI is InChI=1S/C12H14BrClN4/c1-15-12(6-9-7-18(2)17-16-9)10-4-3-8(13)5-11(10)14/h3-5,7,12,15H,6H2,1-2H3. The van der Waals surface area contributed by atoms with Crippen LogP contribution < -0.4 is 5.32 Å². The second-order valence-electron chi connectivity index (χ2n) is 4.09. The predicted molar refractivity (Wildman–Crippen MR) is 75.7 cm³/mol. The van der Waals surface area contributed by atoms with Crippen LogP contribution in [0, 0.1) is 0 Å². The van der Waals surface area contributed by atoms with Gasteiger partial charge < -0.3 is 5.32 Å². The Kier molecular flexibility index (Phi) is 4.37. The first-order chi connectivity index (χ1) is 8.60. The van der Waals surface area contributed by atoms with E-state index in [1.807, 2.05) is 38.5 Å². The van der Waals surface area contributed by atoms with Gasteiger partial charge in [0.25, 0.3) is 0 Å². The van der Waals surface area contributed by atoms with Gasteiger partial charge in [-0.3, -0.25) is 4.68 Å². The van der Waals surface area contributed by atoms with Crippen molar-refractivity contribution >= 4 is 27.5 Å². The summed E-state index contributed by atoms with van der Waals surface area (Å²) in [6, 6.07) is 6.03. The molecule has 1 unspecified atom stereocenters. The third kappa shape index (κ3) is 3.10. The maximum Gasteiger partial charge on any atom is 0.0845 e. The number of benzene rings is 1. The molecular formula is C12H14BrClN4. The lowest BCUT2D eigenvalue weighted by atomic mass is 10.0. The van der Waals surface area contributed by atoms with Gasteiger partial charge in [0.15, 0.2) is 0 Å². The maximum absolute atomic E-state index is 6.26. The molecule has 0 saturated carbocycles. The van der Waals surface area contributed by atoms with Crippen molar-refractivity contribution in [2.24, 2.45) is 7.05 Å². The van der Waals surface area contributed by atoms with Gasteiger partial charge in [0.05, 0.1) is 5.69 Å². The number of rotatable bonds is 4. The third-order valence-corrected chi connectivity index (χ3v) is 3.57.